The molecular formula is C23H44O4Si2. The average Bonchev–Trinajstić information content (AvgIpc) is 3.27. The summed E-state index contributed by atoms with van der Waals surface area (Å²) in [4.78, 5) is 0. The zero-order valence-corrected chi connectivity index (χ0v) is 22.7. The van der Waals surface area contributed by atoms with Crippen LogP contribution in [0, 0.1) is 0 Å². The molecule has 2 aliphatic rings. The highest BCUT2D eigenvalue weighted by Gasteiger charge is 2.56. The standard InChI is InChI=1S/C23H44O4Si2/c1-15(2)13-17(26-28(9,10)22(3,4)5)16-14-18(20-21(25-20)19(16)24)27-29(11,12)23(6,7)8/h13-14,17-21,24H,1-12H3/t17-,18-,19-,20+,21-/m1/s1. The molecule has 1 heterocycles. The monoisotopic (exact) mass is 440 g/mol. The van der Waals surface area contributed by atoms with Crippen LogP contribution in [0.1, 0.15) is 55.4 Å². The number of epoxide rings is 1. The summed E-state index contributed by atoms with van der Waals surface area (Å²) in [6.45, 7) is 26.7. The molecule has 1 fully saturated rings. The van der Waals surface area contributed by atoms with E-state index in [1.165, 1.54) is 5.57 Å². The van der Waals surface area contributed by atoms with Crippen molar-refractivity contribution in [1.29, 1.82) is 0 Å². The first-order valence-corrected chi connectivity index (χ1v) is 16.7. The van der Waals surface area contributed by atoms with Gasteiger partial charge in [-0.1, -0.05) is 53.2 Å². The van der Waals surface area contributed by atoms with Crippen molar-refractivity contribution in [2.45, 2.75) is 122 Å². The molecule has 1 aliphatic carbocycles. The Bertz CT molecular complexity index is 663. The molecular weight excluding hydrogens is 396 g/mol. The maximum absolute atomic E-state index is 11.0. The van der Waals surface area contributed by atoms with Crippen molar-refractivity contribution in [3.8, 4) is 0 Å². The summed E-state index contributed by atoms with van der Waals surface area (Å²) in [5.41, 5.74) is 2.08. The summed E-state index contributed by atoms with van der Waals surface area (Å²) in [6.07, 6.45) is 3.04. The normalized spacial score (nSPS) is 29.1. The average molecular weight is 441 g/mol. The minimum Gasteiger partial charge on any atom is -0.408 e. The Balaban J connectivity index is 2.38. The first-order valence-electron chi connectivity index (χ1n) is 10.9. The number of rotatable bonds is 6. The van der Waals surface area contributed by atoms with E-state index in [-0.39, 0.29) is 34.5 Å². The summed E-state index contributed by atoms with van der Waals surface area (Å²) < 4.78 is 19.3. The van der Waals surface area contributed by atoms with Gasteiger partial charge in [0.05, 0.1) is 12.2 Å². The fourth-order valence-electron chi connectivity index (χ4n) is 3.10. The Hall–Kier alpha value is -0.246. The molecule has 0 spiro atoms. The van der Waals surface area contributed by atoms with E-state index in [2.05, 4.69) is 93.7 Å². The third kappa shape index (κ3) is 5.52. The van der Waals surface area contributed by atoms with Crippen LogP contribution in [0.2, 0.25) is 36.3 Å². The number of allylic oxidation sites excluding steroid dienone is 1. The van der Waals surface area contributed by atoms with Crippen LogP contribution in [-0.4, -0.2) is 52.3 Å². The SMILES string of the molecule is CC(C)=C[C@@H](O[Si](C)(C)C(C)(C)C)C1=C[C@@H](O[Si](C)(C)C(C)(C)C)[C@@H]2O[C@@H]2[C@@H]1O. The van der Waals surface area contributed by atoms with Gasteiger partial charge in [0, 0.05) is 0 Å². The van der Waals surface area contributed by atoms with Crippen LogP contribution in [0.4, 0.5) is 0 Å². The Kier molecular flexibility index (Phi) is 6.92. The predicted octanol–water partition coefficient (Wildman–Crippen LogP) is 5.80. The molecule has 0 bridgehead atoms. The highest BCUT2D eigenvalue weighted by atomic mass is 28.4. The second-order valence-corrected chi connectivity index (χ2v) is 21.6. The van der Waals surface area contributed by atoms with E-state index in [1.54, 1.807) is 0 Å². The van der Waals surface area contributed by atoms with Gasteiger partial charge >= 0.3 is 0 Å². The number of aliphatic hydroxyl groups is 1. The second-order valence-electron chi connectivity index (χ2n) is 12.1. The largest absolute Gasteiger partial charge is 0.408 e. The van der Waals surface area contributed by atoms with E-state index in [4.69, 9.17) is 13.6 Å². The van der Waals surface area contributed by atoms with Gasteiger partial charge in [-0.05, 0) is 61.8 Å². The zero-order valence-electron chi connectivity index (χ0n) is 20.7. The fraction of sp³-hybridized carbons (Fsp3) is 0.826. The molecule has 168 valence electrons. The Morgan fingerprint density at radius 1 is 1.00 bits per heavy atom. The molecule has 0 aromatic rings. The minimum absolute atomic E-state index is 0.0388. The minimum atomic E-state index is -2.03. The molecule has 0 aromatic carbocycles. The number of aliphatic hydroxyl groups excluding tert-OH is 1. The lowest BCUT2D eigenvalue weighted by Crippen LogP contribution is -2.49. The van der Waals surface area contributed by atoms with Crippen LogP contribution < -0.4 is 0 Å². The van der Waals surface area contributed by atoms with Crippen LogP contribution >= 0.6 is 0 Å². The van der Waals surface area contributed by atoms with Crippen molar-refractivity contribution in [2.24, 2.45) is 0 Å². The second kappa shape index (κ2) is 8.02. The molecule has 0 unspecified atom stereocenters. The van der Waals surface area contributed by atoms with Crippen LogP contribution in [0.25, 0.3) is 0 Å². The van der Waals surface area contributed by atoms with Gasteiger partial charge in [-0.15, -0.1) is 0 Å². The van der Waals surface area contributed by atoms with E-state index in [0.29, 0.717) is 0 Å². The van der Waals surface area contributed by atoms with E-state index in [1.807, 2.05) is 0 Å². The lowest BCUT2D eigenvalue weighted by Gasteiger charge is -2.42. The van der Waals surface area contributed by atoms with E-state index in [0.717, 1.165) is 5.57 Å². The third-order valence-corrected chi connectivity index (χ3v) is 16.1. The van der Waals surface area contributed by atoms with Crippen LogP contribution in [0.15, 0.2) is 23.3 Å². The van der Waals surface area contributed by atoms with Gasteiger partial charge in [-0.3, -0.25) is 0 Å². The van der Waals surface area contributed by atoms with Gasteiger partial charge in [0.2, 0.25) is 0 Å². The van der Waals surface area contributed by atoms with E-state index in [9.17, 15) is 5.11 Å². The summed E-state index contributed by atoms with van der Waals surface area (Å²) in [7, 11) is -3.98. The van der Waals surface area contributed by atoms with Gasteiger partial charge in [0.15, 0.2) is 16.6 Å². The smallest absolute Gasteiger partial charge is 0.193 e. The van der Waals surface area contributed by atoms with Gasteiger partial charge in [0.1, 0.15) is 18.3 Å². The molecule has 0 saturated carbocycles. The highest BCUT2D eigenvalue weighted by molar-refractivity contribution is 6.74. The summed E-state index contributed by atoms with van der Waals surface area (Å²) in [5.74, 6) is 0. The number of hydrogen-bond donors (Lipinski definition) is 1. The maximum Gasteiger partial charge on any atom is 0.193 e. The highest BCUT2D eigenvalue weighted by Crippen LogP contribution is 2.45. The quantitative estimate of drug-likeness (QED) is 0.322. The molecule has 4 nitrogen and oxygen atoms in total. The first-order chi connectivity index (χ1) is 12.9. The van der Waals surface area contributed by atoms with Gasteiger partial charge in [-0.25, -0.2) is 0 Å². The van der Waals surface area contributed by atoms with Crippen molar-refractivity contribution in [3.63, 3.8) is 0 Å². The van der Waals surface area contributed by atoms with Gasteiger partial charge in [-0.2, -0.15) is 0 Å². The van der Waals surface area contributed by atoms with Crippen molar-refractivity contribution in [2.75, 3.05) is 0 Å². The fourth-order valence-corrected chi connectivity index (χ4v) is 5.53. The Morgan fingerprint density at radius 2 is 1.52 bits per heavy atom. The molecule has 5 atom stereocenters. The molecule has 6 heteroatoms. The maximum atomic E-state index is 11.0. The van der Waals surface area contributed by atoms with E-state index >= 15 is 0 Å². The first kappa shape index (κ1) is 25.0. The van der Waals surface area contributed by atoms with Gasteiger partial charge < -0.3 is 18.7 Å². The molecule has 0 radical (unpaired) electrons. The third-order valence-electron chi connectivity index (χ3n) is 7.17. The Labute approximate surface area is 181 Å². The lowest BCUT2D eigenvalue weighted by molar-refractivity contribution is 0.133. The zero-order chi connectivity index (χ0) is 22.6. The van der Waals surface area contributed by atoms with Crippen molar-refractivity contribution < 1.29 is 18.7 Å². The number of fused-ring (bicyclic) bond motifs is 1. The van der Waals surface area contributed by atoms with Crippen molar-refractivity contribution in [3.05, 3.63) is 23.3 Å². The van der Waals surface area contributed by atoms with Crippen molar-refractivity contribution in [1.82, 2.24) is 0 Å². The van der Waals surface area contributed by atoms with Crippen LogP contribution in [-0.2, 0) is 13.6 Å². The molecule has 0 amide bonds. The molecule has 2 rings (SSSR count). The van der Waals surface area contributed by atoms with Gasteiger partial charge in [0.25, 0.3) is 0 Å². The molecule has 29 heavy (non-hydrogen) atoms. The molecule has 1 saturated heterocycles. The topological polar surface area (TPSA) is 51.2 Å². The summed E-state index contributed by atoms with van der Waals surface area (Å²) in [6, 6.07) is 0. The lowest BCUT2D eigenvalue weighted by atomic mass is 9.90. The van der Waals surface area contributed by atoms with Crippen molar-refractivity contribution >= 4 is 16.6 Å². The number of hydrogen-bond acceptors (Lipinski definition) is 4. The molecule has 1 aliphatic heterocycles. The van der Waals surface area contributed by atoms with Crippen LogP contribution in [0.3, 0.4) is 0 Å². The summed E-state index contributed by atoms with van der Waals surface area (Å²) in [5, 5.41) is 11.2. The molecule has 1 N–H and O–H groups in total. The summed E-state index contributed by atoms with van der Waals surface area (Å²) >= 11 is 0. The Morgan fingerprint density at radius 3 is 1.97 bits per heavy atom. The van der Waals surface area contributed by atoms with Crippen LogP contribution in [0.5, 0.6) is 0 Å². The number of ether oxygens (including phenoxy) is 1. The molecule has 0 aromatic heterocycles. The predicted molar refractivity (Wildman–Crippen MR) is 126 cm³/mol. The van der Waals surface area contributed by atoms with E-state index < -0.39 is 22.7 Å².